The molecule has 0 aliphatic heterocycles. The van der Waals surface area contributed by atoms with Crippen LogP contribution in [0.4, 0.5) is 0 Å². The number of ether oxygens (including phenoxy) is 1. The van der Waals surface area contributed by atoms with Gasteiger partial charge in [-0.1, -0.05) is 12.1 Å². The Morgan fingerprint density at radius 3 is 2.84 bits per heavy atom. The minimum atomic E-state index is -0.287. The van der Waals surface area contributed by atoms with Gasteiger partial charge in [0, 0.05) is 13.6 Å². The fourth-order valence-electron chi connectivity index (χ4n) is 2.31. The Labute approximate surface area is 144 Å². The van der Waals surface area contributed by atoms with Gasteiger partial charge in [0.05, 0.1) is 7.11 Å². The summed E-state index contributed by atoms with van der Waals surface area (Å²) in [6.45, 7) is 2.10. The van der Waals surface area contributed by atoms with E-state index >= 15 is 0 Å². The first kappa shape index (κ1) is 16.6. The molecular weight excluding hydrogens is 320 g/mol. The number of aromatic nitrogens is 5. The van der Waals surface area contributed by atoms with Crippen LogP contribution in [-0.4, -0.2) is 37.7 Å². The molecule has 0 saturated carbocycles. The molecule has 128 valence electrons. The molecule has 0 aliphatic rings. The summed E-state index contributed by atoms with van der Waals surface area (Å²) in [5.74, 6) is 1.39. The van der Waals surface area contributed by atoms with E-state index in [1.807, 2.05) is 24.3 Å². The zero-order valence-electron chi connectivity index (χ0n) is 14.2. The van der Waals surface area contributed by atoms with E-state index in [-0.39, 0.29) is 11.6 Å². The molecule has 3 aromatic rings. The lowest BCUT2D eigenvalue weighted by Crippen LogP contribution is -2.24. The average molecular weight is 338 g/mol. The molecule has 8 heteroatoms. The van der Waals surface area contributed by atoms with E-state index in [1.54, 1.807) is 38.2 Å². The highest BCUT2D eigenvalue weighted by atomic mass is 16.5. The minimum Gasteiger partial charge on any atom is -0.497 e. The number of carbonyl (C=O) groups is 1. The largest absolute Gasteiger partial charge is 0.497 e. The van der Waals surface area contributed by atoms with Crippen LogP contribution >= 0.6 is 0 Å². The van der Waals surface area contributed by atoms with Crippen LogP contribution in [0.1, 0.15) is 21.9 Å². The van der Waals surface area contributed by atoms with Crippen LogP contribution in [0.5, 0.6) is 5.75 Å². The number of nitrogens with zero attached hydrogens (tertiary/aromatic N) is 5. The summed E-state index contributed by atoms with van der Waals surface area (Å²) in [7, 11) is 3.38. The maximum Gasteiger partial charge on any atom is 0.270 e. The smallest absolute Gasteiger partial charge is 0.270 e. The zero-order chi connectivity index (χ0) is 17.8. The van der Waals surface area contributed by atoms with Gasteiger partial charge in [-0.3, -0.25) is 9.48 Å². The fraction of sp³-hybridized carbons (Fsp3) is 0.235. The monoisotopic (exact) mass is 338 g/mol. The van der Waals surface area contributed by atoms with E-state index in [4.69, 9.17) is 4.74 Å². The topological polar surface area (TPSA) is 94.8 Å². The predicted molar refractivity (Wildman–Crippen MR) is 90.9 cm³/mol. The SMILES string of the molecule is COc1cccc(CNC(=O)c2cc(-c3ncn(C)n3)nc(C)n2)c1. The Balaban J connectivity index is 1.76. The van der Waals surface area contributed by atoms with Crippen LogP contribution in [-0.2, 0) is 13.6 Å². The highest BCUT2D eigenvalue weighted by Crippen LogP contribution is 2.14. The summed E-state index contributed by atoms with van der Waals surface area (Å²) in [4.78, 5) is 25.1. The maximum atomic E-state index is 12.4. The van der Waals surface area contributed by atoms with E-state index in [0.717, 1.165) is 11.3 Å². The Bertz CT molecular complexity index is 906. The van der Waals surface area contributed by atoms with Gasteiger partial charge in [0.25, 0.3) is 5.91 Å². The molecule has 8 nitrogen and oxygen atoms in total. The molecule has 0 fully saturated rings. The Hall–Kier alpha value is -3.29. The van der Waals surface area contributed by atoms with Gasteiger partial charge in [-0.15, -0.1) is 5.10 Å². The molecule has 1 N–H and O–H groups in total. The van der Waals surface area contributed by atoms with E-state index in [9.17, 15) is 4.79 Å². The van der Waals surface area contributed by atoms with Crippen molar-refractivity contribution in [2.24, 2.45) is 7.05 Å². The molecule has 25 heavy (non-hydrogen) atoms. The second-order valence-corrected chi connectivity index (χ2v) is 5.46. The summed E-state index contributed by atoms with van der Waals surface area (Å²) in [5.41, 5.74) is 1.72. The number of rotatable bonds is 5. The molecule has 0 atom stereocenters. The number of hydrogen-bond acceptors (Lipinski definition) is 6. The molecule has 0 radical (unpaired) electrons. The molecule has 2 aromatic heterocycles. The summed E-state index contributed by atoms with van der Waals surface area (Å²) >= 11 is 0. The molecule has 1 amide bonds. The van der Waals surface area contributed by atoms with Gasteiger partial charge in [-0.25, -0.2) is 15.0 Å². The molecule has 1 aromatic carbocycles. The van der Waals surface area contributed by atoms with Gasteiger partial charge in [0.15, 0.2) is 5.82 Å². The second-order valence-electron chi connectivity index (χ2n) is 5.46. The summed E-state index contributed by atoms with van der Waals surface area (Å²) in [6, 6.07) is 9.10. The van der Waals surface area contributed by atoms with Crippen molar-refractivity contribution in [2.45, 2.75) is 13.5 Å². The van der Waals surface area contributed by atoms with Crippen LogP contribution in [0.15, 0.2) is 36.7 Å². The quantitative estimate of drug-likeness (QED) is 0.758. The van der Waals surface area contributed by atoms with Crippen molar-refractivity contribution < 1.29 is 9.53 Å². The minimum absolute atomic E-state index is 0.276. The van der Waals surface area contributed by atoms with Crippen LogP contribution in [0, 0.1) is 6.92 Å². The van der Waals surface area contributed by atoms with Crippen molar-refractivity contribution in [2.75, 3.05) is 7.11 Å². The molecule has 3 rings (SSSR count). The third-order valence-electron chi connectivity index (χ3n) is 3.49. The number of benzene rings is 1. The standard InChI is InChI=1S/C17H18N6O2/c1-11-20-14(16-19-10-23(2)22-16)8-15(21-11)17(24)18-9-12-5-4-6-13(7-12)25-3/h4-8,10H,9H2,1-3H3,(H,18,24). The predicted octanol–water partition coefficient (Wildman–Crippen LogP) is 1.52. The molecule has 2 heterocycles. The zero-order valence-corrected chi connectivity index (χ0v) is 14.2. The van der Waals surface area contributed by atoms with E-state index in [1.165, 1.54) is 0 Å². The Morgan fingerprint density at radius 1 is 1.28 bits per heavy atom. The van der Waals surface area contributed by atoms with Crippen molar-refractivity contribution in [3.05, 3.63) is 53.7 Å². The van der Waals surface area contributed by atoms with Crippen LogP contribution in [0.25, 0.3) is 11.5 Å². The number of carbonyl (C=O) groups excluding carboxylic acids is 1. The molecule has 0 saturated heterocycles. The molecule has 0 unspecified atom stereocenters. The van der Waals surface area contributed by atoms with Crippen molar-refractivity contribution in [3.8, 4) is 17.3 Å². The highest BCUT2D eigenvalue weighted by molar-refractivity contribution is 5.93. The molecule has 0 spiro atoms. The molecule has 0 bridgehead atoms. The first-order valence-corrected chi connectivity index (χ1v) is 7.68. The summed E-state index contributed by atoms with van der Waals surface area (Å²) < 4.78 is 6.76. The third kappa shape index (κ3) is 3.97. The van der Waals surface area contributed by atoms with Gasteiger partial charge in [-0.05, 0) is 30.7 Å². The van der Waals surface area contributed by atoms with E-state index < -0.39 is 0 Å². The molecular formula is C17H18N6O2. The second kappa shape index (κ2) is 7.08. The van der Waals surface area contributed by atoms with Crippen LogP contribution in [0.3, 0.4) is 0 Å². The number of aryl methyl sites for hydroxylation is 2. The van der Waals surface area contributed by atoms with Crippen LogP contribution in [0.2, 0.25) is 0 Å². The Morgan fingerprint density at radius 2 is 2.12 bits per heavy atom. The first-order valence-electron chi connectivity index (χ1n) is 7.68. The van der Waals surface area contributed by atoms with Gasteiger partial charge >= 0.3 is 0 Å². The van der Waals surface area contributed by atoms with Crippen molar-refractivity contribution in [1.82, 2.24) is 30.0 Å². The van der Waals surface area contributed by atoms with Crippen LogP contribution < -0.4 is 10.1 Å². The lowest BCUT2D eigenvalue weighted by molar-refractivity contribution is 0.0945. The van der Waals surface area contributed by atoms with Gasteiger partial charge in [0.2, 0.25) is 0 Å². The van der Waals surface area contributed by atoms with Crippen molar-refractivity contribution >= 4 is 5.91 Å². The number of amides is 1. The van der Waals surface area contributed by atoms with Gasteiger partial charge in [0.1, 0.15) is 29.3 Å². The fourth-order valence-corrected chi connectivity index (χ4v) is 2.31. The molecule has 0 aliphatic carbocycles. The highest BCUT2D eigenvalue weighted by Gasteiger charge is 2.13. The number of nitrogens with one attached hydrogen (secondary N) is 1. The van der Waals surface area contributed by atoms with Gasteiger partial charge < -0.3 is 10.1 Å². The maximum absolute atomic E-state index is 12.4. The van der Waals surface area contributed by atoms with Crippen molar-refractivity contribution in [3.63, 3.8) is 0 Å². The third-order valence-corrected chi connectivity index (χ3v) is 3.49. The Kier molecular flexibility index (Phi) is 4.69. The van der Waals surface area contributed by atoms with Crippen molar-refractivity contribution in [1.29, 1.82) is 0 Å². The number of methoxy groups -OCH3 is 1. The average Bonchev–Trinajstić information content (AvgIpc) is 3.06. The summed E-state index contributed by atoms with van der Waals surface area (Å²) in [6.07, 6.45) is 1.58. The van der Waals surface area contributed by atoms with E-state index in [0.29, 0.717) is 23.9 Å². The lowest BCUT2D eigenvalue weighted by Gasteiger charge is -2.07. The summed E-state index contributed by atoms with van der Waals surface area (Å²) in [5, 5.41) is 7.05. The number of hydrogen-bond donors (Lipinski definition) is 1. The normalized spacial score (nSPS) is 10.5. The van der Waals surface area contributed by atoms with E-state index in [2.05, 4.69) is 25.4 Å². The lowest BCUT2D eigenvalue weighted by atomic mass is 10.2. The first-order chi connectivity index (χ1) is 12.0. The van der Waals surface area contributed by atoms with Gasteiger partial charge in [-0.2, -0.15) is 0 Å².